The van der Waals surface area contributed by atoms with E-state index in [1.807, 2.05) is 44.2 Å². The van der Waals surface area contributed by atoms with Crippen LogP contribution in [0.15, 0.2) is 65.8 Å². The molecular formula is C28H24N4O3S. The van der Waals surface area contributed by atoms with Crippen LogP contribution in [-0.2, 0) is 20.0 Å². The number of sulfone groups is 1. The highest BCUT2D eigenvalue weighted by Crippen LogP contribution is 2.37. The lowest BCUT2D eigenvalue weighted by Crippen LogP contribution is -2.26. The molecule has 7 nitrogen and oxygen atoms in total. The lowest BCUT2D eigenvalue weighted by atomic mass is 9.86. The Hall–Kier alpha value is -4.22. The van der Waals surface area contributed by atoms with Crippen LogP contribution in [0.3, 0.4) is 0 Å². The van der Waals surface area contributed by atoms with E-state index in [9.17, 15) is 13.2 Å². The van der Waals surface area contributed by atoms with Crippen LogP contribution >= 0.6 is 0 Å². The summed E-state index contributed by atoms with van der Waals surface area (Å²) in [4.78, 5) is 21.5. The lowest BCUT2D eigenvalue weighted by Gasteiger charge is -2.14. The quantitative estimate of drug-likeness (QED) is 0.398. The summed E-state index contributed by atoms with van der Waals surface area (Å²) in [7, 11) is -3.29. The van der Waals surface area contributed by atoms with Crippen LogP contribution in [0, 0.1) is 18.8 Å². The molecule has 4 aromatic rings. The Kier molecular flexibility index (Phi) is 5.53. The molecule has 8 heteroatoms. The van der Waals surface area contributed by atoms with E-state index < -0.39 is 15.3 Å². The number of rotatable bonds is 3. The number of nitrogens with one attached hydrogen (secondary N) is 2. The summed E-state index contributed by atoms with van der Waals surface area (Å²) >= 11 is 0. The number of carbonyl (C=O) groups is 1. The second-order valence-corrected chi connectivity index (χ2v) is 11.4. The van der Waals surface area contributed by atoms with Crippen LogP contribution in [0.5, 0.6) is 0 Å². The highest BCUT2D eigenvalue weighted by atomic mass is 32.2. The molecule has 3 heterocycles. The number of carbonyl (C=O) groups excluding carboxylic acids is 1. The highest BCUT2D eigenvalue weighted by molar-refractivity contribution is 7.90. The maximum absolute atomic E-state index is 12.2. The third-order valence-electron chi connectivity index (χ3n) is 6.33. The van der Waals surface area contributed by atoms with Crippen molar-refractivity contribution in [2.24, 2.45) is 0 Å². The molecule has 0 saturated carbocycles. The van der Waals surface area contributed by atoms with E-state index >= 15 is 0 Å². The number of amides is 1. The zero-order valence-corrected chi connectivity index (χ0v) is 21.1. The van der Waals surface area contributed by atoms with Gasteiger partial charge < -0.3 is 10.6 Å². The molecule has 1 amide bonds. The molecule has 1 aliphatic heterocycles. The van der Waals surface area contributed by atoms with Crippen molar-refractivity contribution in [2.75, 3.05) is 16.9 Å². The molecule has 36 heavy (non-hydrogen) atoms. The van der Waals surface area contributed by atoms with Gasteiger partial charge in [-0.05, 0) is 80.3 Å². The zero-order valence-electron chi connectivity index (χ0n) is 20.3. The first-order chi connectivity index (χ1) is 17.0. The van der Waals surface area contributed by atoms with Crippen molar-refractivity contribution in [2.45, 2.75) is 31.1 Å². The predicted octanol–water partition coefficient (Wildman–Crippen LogP) is 4.71. The molecule has 0 unspecified atom stereocenters. The van der Waals surface area contributed by atoms with E-state index in [1.54, 1.807) is 37.5 Å². The van der Waals surface area contributed by atoms with Crippen molar-refractivity contribution in [3.8, 4) is 11.8 Å². The van der Waals surface area contributed by atoms with Gasteiger partial charge in [-0.25, -0.2) is 18.4 Å². The van der Waals surface area contributed by atoms with E-state index in [2.05, 4.69) is 32.4 Å². The monoisotopic (exact) mass is 496 g/mol. The van der Waals surface area contributed by atoms with Gasteiger partial charge in [-0.2, -0.15) is 0 Å². The first-order valence-electron chi connectivity index (χ1n) is 11.3. The van der Waals surface area contributed by atoms with E-state index in [4.69, 9.17) is 0 Å². The summed E-state index contributed by atoms with van der Waals surface area (Å²) in [6.45, 7) is 5.57. The largest absolute Gasteiger partial charge is 0.340 e. The second kappa shape index (κ2) is 8.47. The van der Waals surface area contributed by atoms with Gasteiger partial charge in [0.2, 0.25) is 5.91 Å². The Bertz CT molecular complexity index is 1730. The van der Waals surface area contributed by atoms with Gasteiger partial charge in [0.25, 0.3) is 0 Å². The third kappa shape index (κ3) is 4.30. The maximum Gasteiger partial charge on any atom is 0.234 e. The van der Waals surface area contributed by atoms with E-state index in [1.165, 1.54) is 6.26 Å². The van der Waals surface area contributed by atoms with Gasteiger partial charge in [0, 0.05) is 46.4 Å². The molecule has 2 N–H and O–H groups in total. The molecule has 0 bridgehead atoms. The van der Waals surface area contributed by atoms with Crippen LogP contribution < -0.4 is 10.6 Å². The fourth-order valence-corrected chi connectivity index (χ4v) is 5.29. The number of hydrogen-bond acceptors (Lipinski definition) is 6. The SMILES string of the molecule is Cc1cc(Nc2cc3c(C#Cc4ccc5c(c4)NC(=O)C5(C)C)nccc3cn2)ccc1S(C)(=O)=O. The summed E-state index contributed by atoms with van der Waals surface area (Å²) in [5.41, 5.74) is 3.96. The van der Waals surface area contributed by atoms with Crippen molar-refractivity contribution < 1.29 is 13.2 Å². The van der Waals surface area contributed by atoms with E-state index in [0.717, 1.165) is 33.3 Å². The Balaban J connectivity index is 1.46. The van der Waals surface area contributed by atoms with Gasteiger partial charge >= 0.3 is 0 Å². The molecule has 180 valence electrons. The van der Waals surface area contributed by atoms with Crippen LogP contribution in [0.25, 0.3) is 10.8 Å². The highest BCUT2D eigenvalue weighted by Gasteiger charge is 2.38. The molecule has 2 aromatic carbocycles. The lowest BCUT2D eigenvalue weighted by molar-refractivity contribution is -0.119. The smallest absolute Gasteiger partial charge is 0.234 e. The fourth-order valence-electron chi connectivity index (χ4n) is 4.33. The molecule has 0 fully saturated rings. The molecule has 0 saturated heterocycles. The topological polar surface area (TPSA) is 101 Å². The Morgan fingerprint density at radius 3 is 2.56 bits per heavy atom. The van der Waals surface area contributed by atoms with Crippen molar-refractivity contribution in [1.82, 2.24) is 9.97 Å². The van der Waals surface area contributed by atoms with Crippen LogP contribution in [0.4, 0.5) is 17.2 Å². The first-order valence-corrected chi connectivity index (χ1v) is 13.2. The average molecular weight is 497 g/mol. The number of pyridine rings is 2. The zero-order chi connectivity index (χ0) is 25.7. The first kappa shape index (κ1) is 23.5. The number of aryl methyl sites for hydroxylation is 1. The number of hydrogen-bond donors (Lipinski definition) is 2. The summed E-state index contributed by atoms with van der Waals surface area (Å²) in [6.07, 6.45) is 4.64. The van der Waals surface area contributed by atoms with Gasteiger partial charge in [0.1, 0.15) is 11.5 Å². The Morgan fingerprint density at radius 1 is 1.00 bits per heavy atom. The normalized spacial score (nSPS) is 14.1. The Morgan fingerprint density at radius 2 is 1.81 bits per heavy atom. The van der Waals surface area contributed by atoms with Crippen LogP contribution in [-0.4, -0.2) is 30.5 Å². The molecular weight excluding hydrogens is 472 g/mol. The minimum absolute atomic E-state index is 0.0213. The molecule has 0 radical (unpaired) electrons. The fraction of sp³-hybridized carbons (Fsp3) is 0.179. The van der Waals surface area contributed by atoms with Gasteiger partial charge in [-0.1, -0.05) is 12.0 Å². The average Bonchev–Trinajstić information content (AvgIpc) is 3.04. The van der Waals surface area contributed by atoms with Crippen molar-refractivity contribution in [3.63, 3.8) is 0 Å². The van der Waals surface area contributed by atoms with Crippen LogP contribution in [0.2, 0.25) is 0 Å². The molecule has 0 atom stereocenters. The number of anilines is 3. The molecule has 2 aromatic heterocycles. The third-order valence-corrected chi connectivity index (χ3v) is 7.59. The summed E-state index contributed by atoms with van der Waals surface area (Å²) in [6, 6.07) is 14.6. The van der Waals surface area contributed by atoms with Gasteiger partial charge in [-0.15, -0.1) is 0 Å². The van der Waals surface area contributed by atoms with E-state index in [0.29, 0.717) is 22.0 Å². The second-order valence-electron chi connectivity index (χ2n) is 9.42. The van der Waals surface area contributed by atoms with Gasteiger partial charge in [0.05, 0.1) is 10.3 Å². The number of aromatic nitrogens is 2. The minimum atomic E-state index is -3.29. The van der Waals surface area contributed by atoms with Gasteiger partial charge in [0.15, 0.2) is 9.84 Å². The number of fused-ring (bicyclic) bond motifs is 2. The summed E-state index contributed by atoms with van der Waals surface area (Å²) in [5, 5.41) is 7.89. The van der Waals surface area contributed by atoms with Crippen molar-refractivity contribution in [3.05, 3.63) is 83.3 Å². The molecule has 5 rings (SSSR count). The molecule has 0 spiro atoms. The Labute approximate surface area is 209 Å². The van der Waals surface area contributed by atoms with E-state index in [-0.39, 0.29) is 5.91 Å². The molecule has 1 aliphatic rings. The summed E-state index contributed by atoms with van der Waals surface area (Å²) < 4.78 is 23.8. The molecule has 0 aliphatic carbocycles. The maximum atomic E-state index is 12.2. The van der Waals surface area contributed by atoms with Crippen molar-refractivity contribution >= 4 is 43.7 Å². The number of benzene rings is 2. The standard InChI is InChI=1S/C28H24N4O3S/c1-17-13-20(7-10-25(17)36(4,34)35)31-26-15-21-19(16-30-26)11-12-29-23(21)9-6-18-5-8-22-24(14-18)32-27(33)28(22,2)3/h5,7-8,10-16H,1-4H3,(H,30,31)(H,32,33). The van der Waals surface area contributed by atoms with Crippen LogP contribution in [0.1, 0.15) is 36.2 Å². The van der Waals surface area contributed by atoms with Crippen molar-refractivity contribution in [1.29, 1.82) is 0 Å². The number of nitrogens with zero attached hydrogens (tertiary/aromatic N) is 2. The summed E-state index contributed by atoms with van der Waals surface area (Å²) in [5.74, 6) is 6.88. The van der Waals surface area contributed by atoms with Gasteiger partial charge in [-0.3, -0.25) is 4.79 Å². The predicted molar refractivity (Wildman–Crippen MR) is 141 cm³/mol. The minimum Gasteiger partial charge on any atom is -0.340 e.